The third-order valence-electron chi connectivity index (χ3n) is 3.08. The number of fused-ring (bicyclic) bond motifs is 1. The molecule has 1 aromatic carbocycles. The van der Waals surface area contributed by atoms with Gasteiger partial charge in [-0.2, -0.15) is 0 Å². The number of aliphatic hydroxyl groups excluding tert-OH is 1. The normalized spacial score (nSPS) is 18.1. The molecule has 92 valence electrons. The summed E-state index contributed by atoms with van der Waals surface area (Å²) < 4.78 is 5.61. The molecule has 17 heavy (non-hydrogen) atoms. The van der Waals surface area contributed by atoms with Crippen molar-refractivity contribution in [3.05, 3.63) is 29.3 Å². The number of nitrogens with zero attached hydrogens (tertiary/aromatic N) is 1. The zero-order chi connectivity index (χ0) is 12.3. The van der Waals surface area contributed by atoms with Gasteiger partial charge in [-0.1, -0.05) is 24.2 Å². The van der Waals surface area contributed by atoms with Crippen molar-refractivity contribution in [1.82, 2.24) is 0 Å². The van der Waals surface area contributed by atoms with Crippen LogP contribution in [0.3, 0.4) is 0 Å². The molecule has 4 nitrogen and oxygen atoms in total. The third kappa shape index (κ3) is 2.42. The van der Waals surface area contributed by atoms with Gasteiger partial charge in [0.25, 0.3) is 0 Å². The molecule has 0 fully saturated rings. The van der Waals surface area contributed by atoms with Crippen molar-refractivity contribution in [2.45, 2.75) is 32.3 Å². The second kappa shape index (κ2) is 5.19. The standard InChI is InChI=1S/C13H17NO3/c1-2-9(15)8-17-13-5-3-4-10-11(13)6-7-12(10)14-16/h3-5,9,15-16H,2,6-8H2,1H3. The van der Waals surface area contributed by atoms with Gasteiger partial charge < -0.3 is 15.1 Å². The van der Waals surface area contributed by atoms with E-state index in [-0.39, 0.29) is 0 Å². The quantitative estimate of drug-likeness (QED) is 0.619. The molecule has 2 rings (SSSR count). The number of ether oxygens (including phenoxy) is 1. The van der Waals surface area contributed by atoms with Gasteiger partial charge in [-0.15, -0.1) is 0 Å². The minimum absolute atomic E-state index is 0.304. The molecule has 1 unspecified atom stereocenters. The van der Waals surface area contributed by atoms with Gasteiger partial charge in [0.1, 0.15) is 12.4 Å². The molecular weight excluding hydrogens is 218 g/mol. The first kappa shape index (κ1) is 11.9. The highest BCUT2D eigenvalue weighted by atomic mass is 16.5. The van der Waals surface area contributed by atoms with Gasteiger partial charge in [0, 0.05) is 11.1 Å². The number of hydrogen-bond donors (Lipinski definition) is 2. The summed E-state index contributed by atoms with van der Waals surface area (Å²) in [6.07, 6.45) is 1.81. The van der Waals surface area contributed by atoms with Crippen LogP contribution in [0.4, 0.5) is 0 Å². The van der Waals surface area contributed by atoms with E-state index in [4.69, 9.17) is 9.94 Å². The van der Waals surface area contributed by atoms with Crippen molar-refractivity contribution in [2.75, 3.05) is 6.61 Å². The van der Waals surface area contributed by atoms with E-state index < -0.39 is 6.10 Å². The Hall–Kier alpha value is -1.55. The summed E-state index contributed by atoms with van der Waals surface area (Å²) in [5.74, 6) is 0.786. The first-order valence-corrected chi connectivity index (χ1v) is 5.90. The van der Waals surface area contributed by atoms with Crippen LogP contribution in [0.2, 0.25) is 0 Å². The van der Waals surface area contributed by atoms with Gasteiger partial charge in [0.05, 0.1) is 11.8 Å². The van der Waals surface area contributed by atoms with Crippen molar-refractivity contribution in [3.63, 3.8) is 0 Å². The molecule has 4 heteroatoms. The number of hydrogen-bond acceptors (Lipinski definition) is 4. The summed E-state index contributed by atoms with van der Waals surface area (Å²) >= 11 is 0. The summed E-state index contributed by atoms with van der Waals surface area (Å²) in [6, 6.07) is 5.70. The van der Waals surface area contributed by atoms with Crippen molar-refractivity contribution in [3.8, 4) is 5.75 Å². The average Bonchev–Trinajstić information content (AvgIpc) is 2.79. The second-order valence-corrected chi connectivity index (χ2v) is 4.20. The Morgan fingerprint density at radius 3 is 2.94 bits per heavy atom. The van der Waals surface area contributed by atoms with Crippen molar-refractivity contribution >= 4 is 5.71 Å². The molecule has 0 radical (unpaired) electrons. The maximum atomic E-state index is 9.48. The highest BCUT2D eigenvalue weighted by Crippen LogP contribution is 2.31. The molecule has 1 aliphatic rings. The van der Waals surface area contributed by atoms with E-state index in [0.29, 0.717) is 18.7 Å². The van der Waals surface area contributed by atoms with Gasteiger partial charge in [0.15, 0.2) is 0 Å². The maximum absolute atomic E-state index is 9.48. The van der Waals surface area contributed by atoms with Gasteiger partial charge in [-0.25, -0.2) is 0 Å². The molecule has 0 amide bonds. The van der Waals surface area contributed by atoms with Crippen molar-refractivity contribution in [1.29, 1.82) is 0 Å². The van der Waals surface area contributed by atoms with Crippen molar-refractivity contribution in [2.24, 2.45) is 5.16 Å². The first-order valence-electron chi connectivity index (χ1n) is 5.90. The van der Waals surface area contributed by atoms with Gasteiger partial charge in [-0.3, -0.25) is 0 Å². The Morgan fingerprint density at radius 1 is 1.41 bits per heavy atom. The highest BCUT2D eigenvalue weighted by Gasteiger charge is 2.21. The maximum Gasteiger partial charge on any atom is 0.123 e. The number of aliphatic hydroxyl groups is 1. The van der Waals surface area contributed by atoms with E-state index in [1.54, 1.807) is 0 Å². The van der Waals surface area contributed by atoms with Gasteiger partial charge in [-0.05, 0) is 25.3 Å². The van der Waals surface area contributed by atoms with E-state index in [9.17, 15) is 5.11 Å². The SMILES string of the molecule is CCC(O)COc1cccc2c1CCC2=NO. The second-order valence-electron chi connectivity index (χ2n) is 4.20. The molecule has 2 N–H and O–H groups in total. The van der Waals surface area contributed by atoms with Crippen LogP contribution in [0.15, 0.2) is 23.4 Å². The molecule has 0 aliphatic heterocycles. The van der Waals surface area contributed by atoms with Crippen LogP contribution in [-0.2, 0) is 6.42 Å². The Bertz CT molecular complexity index is 429. The monoisotopic (exact) mass is 235 g/mol. The lowest BCUT2D eigenvalue weighted by Gasteiger charge is -2.13. The van der Waals surface area contributed by atoms with Crippen molar-refractivity contribution < 1.29 is 15.1 Å². The molecule has 1 atom stereocenters. The number of benzene rings is 1. The predicted molar refractivity (Wildman–Crippen MR) is 64.9 cm³/mol. The Balaban J connectivity index is 2.17. The molecule has 1 aromatic rings. The van der Waals surface area contributed by atoms with Gasteiger partial charge in [0.2, 0.25) is 0 Å². The molecule has 0 aromatic heterocycles. The third-order valence-corrected chi connectivity index (χ3v) is 3.08. The molecule has 1 aliphatic carbocycles. The largest absolute Gasteiger partial charge is 0.491 e. The Labute approximate surface area is 101 Å². The fourth-order valence-corrected chi connectivity index (χ4v) is 2.01. The molecular formula is C13H17NO3. The van der Waals surface area contributed by atoms with Crippen LogP contribution in [0.25, 0.3) is 0 Å². The fourth-order valence-electron chi connectivity index (χ4n) is 2.01. The lowest BCUT2D eigenvalue weighted by Crippen LogP contribution is -2.16. The topological polar surface area (TPSA) is 62.0 Å². The Kier molecular flexibility index (Phi) is 3.64. The Morgan fingerprint density at radius 2 is 2.24 bits per heavy atom. The van der Waals surface area contributed by atoms with E-state index in [1.807, 2.05) is 25.1 Å². The van der Waals surface area contributed by atoms with Crippen LogP contribution in [0, 0.1) is 0 Å². The van der Waals surface area contributed by atoms with Crippen LogP contribution < -0.4 is 4.74 Å². The number of oxime groups is 1. The van der Waals surface area contributed by atoms with Crippen LogP contribution in [0.1, 0.15) is 30.9 Å². The van der Waals surface area contributed by atoms with Gasteiger partial charge >= 0.3 is 0 Å². The minimum atomic E-state index is -0.432. The minimum Gasteiger partial charge on any atom is -0.491 e. The average molecular weight is 235 g/mol. The predicted octanol–water partition coefficient (Wildman–Crippen LogP) is 1.96. The lowest BCUT2D eigenvalue weighted by atomic mass is 10.1. The summed E-state index contributed by atoms with van der Waals surface area (Å²) in [5.41, 5.74) is 2.74. The van der Waals surface area contributed by atoms with Crippen LogP contribution in [0.5, 0.6) is 5.75 Å². The van der Waals surface area contributed by atoms with E-state index >= 15 is 0 Å². The lowest BCUT2D eigenvalue weighted by molar-refractivity contribution is 0.104. The summed E-state index contributed by atoms with van der Waals surface area (Å²) in [4.78, 5) is 0. The zero-order valence-electron chi connectivity index (χ0n) is 9.89. The van der Waals surface area contributed by atoms with E-state index in [0.717, 1.165) is 29.7 Å². The molecule has 0 saturated carbocycles. The summed E-state index contributed by atoms with van der Waals surface area (Å²) in [5, 5.41) is 21.6. The number of rotatable bonds is 4. The zero-order valence-corrected chi connectivity index (χ0v) is 9.89. The molecule has 0 bridgehead atoms. The summed E-state index contributed by atoms with van der Waals surface area (Å²) in [7, 11) is 0. The smallest absolute Gasteiger partial charge is 0.123 e. The van der Waals surface area contributed by atoms with E-state index in [2.05, 4.69) is 5.16 Å². The van der Waals surface area contributed by atoms with Crippen LogP contribution >= 0.6 is 0 Å². The molecule has 0 heterocycles. The summed E-state index contributed by atoms with van der Waals surface area (Å²) in [6.45, 7) is 2.22. The first-order chi connectivity index (χ1) is 8.26. The van der Waals surface area contributed by atoms with Crippen LogP contribution in [-0.4, -0.2) is 28.7 Å². The molecule has 0 saturated heterocycles. The highest BCUT2D eigenvalue weighted by molar-refractivity contribution is 6.04. The molecule has 0 spiro atoms. The fraction of sp³-hybridized carbons (Fsp3) is 0.462. The van der Waals surface area contributed by atoms with E-state index in [1.165, 1.54) is 0 Å².